The number of carbonyl (C=O) groups is 1. The monoisotopic (exact) mass is 264 g/mol. The Bertz CT molecular complexity index is 762. The molecule has 0 spiro atoms. The maximum atomic E-state index is 12.1. The van der Waals surface area contributed by atoms with E-state index in [0.717, 1.165) is 16.5 Å². The molecular formula is C15H12N4O. The van der Waals surface area contributed by atoms with Crippen LogP contribution in [0.5, 0.6) is 0 Å². The zero-order chi connectivity index (χ0) is 13.8. The number of nitrogens with zero attached hydrogens (tertiary/aromatic N) is 2. The normalized spacial score (nSPS) is 11.0. The van der Waals surface area contributed by atoms with Crippen LogP contribution in [0.4, 0.5) is 0 Å². The van der Waals surface area contributed by atoms with Crippen LogP contribution < -0.4 is 5.43 Å². The van der Waals surface area contributed by atoms with Crippen molar-refractivity contribution in [2.75, 3.05) is 0 Å². The van der Waals surface area contributed by atoms with Crippen LogP contribution in [0.25, 0.3) is 10.9 Å². The summed E-state index contributed by atoms with van der Waals surface area (Å²) in [6.45, 7) is 0. The minimum atomic E-state index is -0.247. The third-order valence-electron chi connectivity index (χ3n) is 2.92. The van der Waals surface area contributed by atoms with Gasteiger partial charge in [-0.25, -0.2) is 5.43 Å². The Morgan fingerprint density at radius 3 is 2.90 bits per heavy atom. The number of hydrazone groups is 1. The first-order valence-electron chi connectivity index (χ1n) is 6.14. The van der Waals surface area contributed by atoms with Crippen molar-refractivity contribution in [2.45, 2.75) is 0 Å². The summed E-state index contributed by atoms with van der Waals surface area (Å²) in [5, 5.41) is 4.94. The summed E-state index contributed by atoms with van der Waals surface area (Å²) >= 11 is 0. The van der Waals surface area contributed by atoms with Crippen LogP contribution >= 0.6 is 0 Å². The second kappa shape index (κ2) is 5.36. The van der Waals surface area contributed by atoms with Gasteiger partial charge in [-0.05, 0) is 29.8 Å². The molecule has 2 N–H and O–H groups in total. The van der Waals surface area contributed by atoms with Crippen molar-refractivity contribution < 1.29 is 4.79 Å². The summed E-state index contributed by atoms with van der Waals surface area (Å²) in [5.41, 5.74) is 4.77. The highest BCUT2D eigenvalue weighted by atomic mass is 16.2. The molecule has 3 rings (SSSR count). The maximum Gasteiger partial charge on any atom is 0.273 e. The average Bonchev–Trinajstić information content (AvgIpc) is 2.96. The predicted octanol–water partition coefficient (Wildman–Crippen LogP) is 2.33. The quantitative estimate of drug-likeness (QED) is 0.563. The first-order valence-corrected chi connectivity index (χ1v) is 6.14. The van der Waals surface area contributed by atoms with Crippen LogP contribution in [0, 0.1) is 0 Å². The molecule has 5 nitrogen and oxygen atoms in total. The highest BCUT2D eigenvalue weighted by Crippen LogP contribution is 2.16. The fraction of sp³-hybridized carbons (Fsp3) is 0. The van der Waals surface area contributed by atoms with Gasteiger partial charge in [0, 0.05) is 24.0 Å². The van der Waals surface area contributed by atoms with Gasteiger partial charge in [-0.2, -0.15) is 5.10 Å². The van der Waals surface area contributed by atoms with Crippen LogP contribution in [-0.4, -0.2) is 22.1 Å². The molecule has 0 radical (unpaired) electrons. The lowest BCUT2D eigenvalue weighted by Gasteiger charge is -2.01. The number of nitrogens with one attached hydrogen (secondary N) is 2. The lowest BCUT2D eigenvalue weighted by atomic mass is 10.1. The maximum absolute atomic E-state index is 12.1. The van der Waals surface area contributed by atoms with Crippen molar-refractivity contribution in [3.05, 3.63) is 66.1 Å². The molecule has 0 atom stereocenters. The van der Waals surface area contributed by atoms with Crippen molar-refractivity contribution >= 4 is 23.0 Å². The van der Waals surface area contributed by atoms with Gasteiger partial charge in [-0.3, -0.25) is 9.78 Å². The Morgan fingerprint density at radius 2 is 2.05 bits per heavy atom. The number of aromatic amines is 1. The van der Waals surface area contributed by atoms with Gasteiger partial charge in [-0.1, -0.05) is 12.1 Å². The minimum Gasteiger partial charge on any atom is -0.361 e. The summed E-state index contributed by atoms with van der Waals surface area (Å²) in [6.07, 6.45) is 6.72. The molecule has 98 valence electrons. The summed E-state index contributed by atoms with van der Waals surface area (Å²) in [6, 6.07) is 11.1. The molecule has 1 amide bonds. The number of benzene rings is 1. The van der Waals surface area contributed by atoms with Crippen LogP contribution in [0.3, 0.4) is 0 Å². The van der Waals surface area contributed by atoms with E-state index in [1.165, 1.54) is 0 Å². The number of aromatic nitrogens is 2. The zero-order valence-electron chi connectivity index (χ0n) is 10.6. The van der Waals surface area contributed by atoms with Gasteiger partial charge in [-0.15, -0.1) is 0 Å². The molecule has 2 heterocycles. The first-order chi connectivity index (χ1) is 9.84. The number of hydrogen-bond donors (Lipinski definition) is 2. The second-order valence-corrected chi connectivity index (χ2v) is 4.23. The SMILES string of the molecule is O=C(NN=Cc1ccncc1)c1cccc2cc[nH]c12. The van der Waals surface area contributed by atoms with Gasteiger partial charge in [0.1, 0.15) is 0 Å². The molecule has 0 bridgehead atoms. The Labute approximate surface area is 115 Å². The van der Waals surface area contributed by atoms with Gasteiger partial charge in [0.05, 0.1) is 17.3 Å². The van der Waals surface area contributed by atoms with Gasteiger partial charge in [0.25, 0.3) is 5.91 Å². The van der Waals surface area contributed by atoms with Crippen molar-refractivity contribution in [2.24, 2.45) is 5.10 Å². The number of carbonyl (C=O) groups excluding carboxylic acids is 1. The third kappa shape index (κ3) is 2.42. The van der Waals surface area contributed by atoms with Crippen molar-refractivity contribution in [3.8, 4) is 0 Å². The van der Waals surface area contributed by atoms with E-state index in [1.807, 2.05) is 24.4 Å². The topological polar surface area (TPSA) is 70.1 Å². The number of H-pyrrole nitrogens is 1. The first kappa shape index (κ1) is 12.1. The van der Waals surface area contributed by atoms with Gasteiger partial charge in [0.2, 0.25) is 0 Å². The molecule has 0 aliphatic carbocycles. The van der Waals surface area contributed by atoms with Crippen molar-refractivity contribution in [3.63, 3.8) is 0 Å². The van der Waals surface area contributed by atoms with Crippen molar-refractivity contribution in [1.29, 1.82) is 0 Å². The Morgan fingerprint density at radius 1 is 1.20 bits per heavy atom. The molecular weight excluding hydrogens is 252 g/mol. The Hall–Kier alpha value is -2.95. The summed E-state index contributed by atoms with van der Waals surface area (Å²) < 4.78 is 0. The zero-order valence-corrected chi connectivity index (χ0v) is 10.6. The minimum absolute atomic E-state index is 0.247. The van der Waals surface area contributed by atoms with Gasteiger partial charge >= 0.3 is 0 Å². The second-order valence-electron chi connectivity index (χ2n) is 4.23. The van der Waals surface area contributed by atoms with E-state index < -0.39 is 0 Å². The summed E-state index contributed by atoms with van der Waals surface area (Å²) in [5.74, 6) is -0.247. The molecule has 0 fully saturated rings. The molecule has 0 aliphatic rings. The number of pyridine rings is 1. The standard InChI is InChI=1S/C15H12N4O/c20-15(19-18-10-11-4-7-16-8-5-11)13-3-1-2-12-6-9-17-14(12)13/h1-10,17H,(H,19,20). The highest BCUT2D eigenvalue weighted by molar-refractivity contribution is 6.05. The molecule has 20 heavy (non-hydrogen) atoms. The molecule has 0 saturated heterocycles. The Balaban J connectivity index is 1.77. The largest absolute Gasteiger partial charge is 0.361 e. The van der Waals surface area contributed by atoms with E-state index >= 15 is 0 Å². The molecule has 5 heteroatoms. The van der Waals surface area contributed by atoms with Gasteiger partial charge in [0.15, 0.2) is 0 Å². The van der Waals surface area contributed by atoms with E-state index in [2.05, 4.69) is 20.5 Å². The number of amides is 1. The molecule has 0 saturated carbocycles. The fourth-order valence-electron chi connectivity index (χ4n) is 1.95. The van der Waals surface area contributed by atoms with Crippen LogP contribution in [0.2, 0.25) is 0 Å². The molecule has 0 unspecified atom stereocenters. The van der Waals surface area contributed by atoms with Crippen LogP contribution in [0.1, 0.15) is 15.9 Å². The average molecular weight is 264 g/mol. The summed E-state index contributed by atoms with van der Waals surface area (Å²) in [4.78, 5) is 19.1. The Kier molecular flexibility index (Phi) is 3.24. The predicted molar refractivity (Wildman–Crippen MR) is 77.6 cm³/mol. The van der Waals surface area contributed by atoms with E-state index in [1.54, 1.807) is 36.8 Å². The number of rotatable bonds is 3. The van der Waals surface area contributed by atoms with E-state index in [0.29, 0.717) is 5.56 Å². The number of fused-ring (bicyclic) bond motifs is 1. The molecule has 1 aromatic carbocycles. The molecule has 3 aromatic rings. The van der Waals surface area contributed by atoms with E-state index in [-0.39, 0.29) is 5.91 Å². The molecule has 2 aromatic heterocycles. The summed E-state index contributed by atoms with van der Waals surface area (Å²) in [7, 11) is 0. The lowest BCUT2D eigenvalue weighted by molar-refractivity contribution is 0.0956. The van der Waals surface area contributed by atoms with Crippen molar-refractivity contribution in [1.82, 2.24) is 15.4 Å². The highest BCUT2D eigenvalue weighted by Gasteiger charge is 2.09. The number of hydrogen-bond acceptors (Lipinski definition) is 3. The van der Waals surface area contributed by atoms with Gasteiger partial charge < -0.3 is 4.98 Å². The fourth-order valence-corrected chi connectivity index (χ4v) is 1.95. The van der Waals surface area contributed by atoms with Crippen LogP contribution in [-0.2, 0) is 0 Å². The van der Waals surface area contributed by atoms with Crippen LogP contribution in [0.15, 0.2) is 60.1 Å². The number of para-hydroxylation sites is 1. The smallest absolute Gasteiger partial charge is 0.273 e. The van der Waals surface area contributed by atoms with E-state index in [9.17, 15) is 4.79 Å². The lowest BCUT2D eigenvalue weighted by Crippen LogP contribution is -2.17. The third-order valence-corrected chi connectivity index (χ3v) is 2.92. The molecule has 0 aliphatic heterocycles. The van der Waals surface area contributed by atoms with E-state index in [4.69, 9.17) is 0 Å².